The normalized spacial score (nSPS) is 16.8. The standard InChI is InChI=1S/C10H13ClN2O2S/c11-8-3-4-9(13-5-1-2-6-13)10(7-8)16(12,14)15/h3-4,7H,1-2,5-6H2,(H2,12,14,15). The van der Waals surface area contributed by atoms with E-state index in [0.717, 1.165) is 25.9 Å². The maximum Gasteiger partial charge on any atom is 0.240 e. The van der Waals surface area contributed by atoms with Crippen molar-refractivity contribution < 1.29 is 8.42 Å². The van der Waals surface area contributed by atoms with Crippen LogP contribution >= 0.6 is 11.6 Å². The summed E-state index contributed by atoms with van der Waals surface area (Å²) in [6.45, 7) is 1.73. The van der Waals surface area contributed by atoms with Gasteiger partial charge in [0.15, 0.2) is 0 Å². The Bertz CT molecular complexity index is 496. The van der Waals surface area contributed by atoms with Crippen molar-refractivity contribution in [3.8, 4) is 0 Å². The molecule has 0 aliphatic carbocycles. The van der Waals surface area contributed by atoms with Crippen LogP contribution in [0.5, 0.6) is 0 Å². The summed E-state index contributed by atoms with van der Waals surface area (Å²) in [6.07, 6.45) is 2.15. The van der Waals surface area contributed by atoms with Crippen molar-refractivity contribution in [2.45, 2.75) is 17.7 Å². The van der Waals surface area contributed by atoms with Crippen molar-refractivity contribution in [3.63, 3.8) is 0 Å². The molecule has 0 radical (unpaired) electrons. The Morgan fingerprint density at radius 3 is 2.44 bits per heavy atom. The molecule has 0 spiro atoms. The lowest BCUT2D eigenvalue weighted by Gasteiger charge is -2.20. The van der Waals surface area contributed by atoms with Gasteiger partial charge in [-0.2, -0.15) is 0 Å². The van der Waals surface area contributed by atoms with Gasteiger partial charge in [-0.3, -0.25) is 0 Å². The predicted molar refractivity (Wildman–Crippen MR) is 64.3 cm³/mol. The Balaban J connectivity index is 2.52. The largest absolute Gasteiger partial charge is 0.370 e. The van der Waals surface area contributed by atoms with E-state index in [-0.39, 0.29) is 4.90 Å². The maximum absolute atomic E-state index is 11.5. The highest BCUT2D eigenvalue weighted by molar-refractivity contribution is 7.89. The Morgan fingerprint density at radius 1 is 1.25 bits per heavy atom. The van der Waals surface area contributed by atoms with Gasteiger partial charge in [-0.15, -0.1) is 0 Å². The lowest BCUT2D eigenvalue weighted by atomic mass is 10.3. The molecule has 1 aromatic rings. The van der Waals surface area contributed by atoms with Crippen LogP contribution in [0.2, 0.25) is 5.02 Å². The zero-order valence-corrected chi connectivity index (χ0v) is 10.3. The highest BCUT2D eigenvalue weighted by atomic mass is 35.5. The van der Waals surface area contributed by atoms with Crippen LogP contribution < -0.4 is 10.0 Å². The van der Waals surface area contributed by atoms with Gasteiger partial charge < -0.3 is 4.90 Å². The first-order chi connectivity index (χ1) is 7.48. The topological polar surface area (TPSA) is 63.4 Å². The van der Waals surface area contributed by atoms with E-state index in [4.69, 9.17) is 16.7 Å². The zero-order valence-electron chi connectivity index (χ0n) is 8.69. The van der Waals surface area contributed by atoms with Gasteiger partial charge in [-0.05, 0) is 31.0 Å². The monoisotopic (exact) mass is 260 g/mol. The molecule has 0 unspecified atom stereocenters. The summed E-state index contributed by atoms with van der Waals surface area (Å²) in [7, 11) is -3.72. The second-order valence-electron chi connectivity index (χ2n) is 3.85. The molecule has 2 rings (SSSR count). The lowest BCUT2D eigenvalue weighted by molar-refractivity contribution is 0.597. The third-order valence-electron chi connectivity index (χ3n) is 2.68. The van der Waals surface area contributed by atoms with Crippen LogP contribution in [0.1, 0.15) is 12.8 Å². The number of hydrogen-bond donors (Lipinski definition) is 1. The number of sulfonamides is 1. The van der Waals surface area contributed by atoms with Crippen molar-refractivity contribution >= 4 is 27.3 Å². The van der Waals surface area contributed by atoms with Crippen LogP contribution in [0, 0.1) is 0 Å². The first-order valence-electron chi connectivity index (χ1n) is 5.06. The molecule has 1 aliphatic rings. The molecule has 0 bridgehead atoms. The fourth-order valence-corrected chi connectivity index (χ4v) is 2.95. The van der Waals surface area contributed by atoms with Crippen LogP contribution in [0.25, 0.3) is 0 Å². The quantitative estimate of drug-likeness (QED) is 0.878. The Kier molecular flexibility index (Phi) is 3.10. The number of nitrogens with two attached hydrogens (primary N) is 1. The average molecular weight is 261 g/mol. The molecular weight excluding hydrogens is 248 g/mol. The summed E-state index contributed by atoms with van der Waals surface area (Å²) < 4.78 is 22.9. The average Bonchev–Trinajstić information content (AvgIpc) is 2.69. The van der Waals surface area contributed by atoms with Gasteiger partial charge in [0.2, 0.25) is 10.0 Å². The molecule has 1 heterocycles. The third kappa shape index (κ3) is 2.31. The second-order valence-corrected chi connectivity index (χ2v) is 5.82. The van der Waals surface area contributed by atoms with Gasteiger partial charge in [0, 0.05) is 18.1 Å². The SMILES string of the molecule is NS(=O)(=O)c1cc(Cl)ccc1N1CCCC1. The van der Waals surface area contributed by atoms with Crippen molar-refractivity contribution in [3.05, 3.63) is 23.2 Å². The second kappa shape index (κ2) is 4.24. The van der Waals surface area contributed by atoms with Crippen LogP contribution in [-0.2, 0) is 10.0 Å². The van der Waals surface area contributed by atoms with Crippen LogP contribution in [0.3, 0.4) is 0 Å². The fourth-order valence-electron chi connectivity index (χ4n) is 1.94. The Hall–Kier alpha value is -0.780. The molecule has 0 saturated carbocycles. The van der Waals surface area contributed by atoms with Gasteiger partial charge in [0.1, 0.15) is 4.90 Å². The summed E-state index contributed by atoms with van der Waals surface area (Å²) in [6, 6.07) is 4.81. The number of rotatable bonds is 2. The molecule has 2 N–H and O–H groups in total. The summed E-state index contributed by atoms with van der Waals surface area (Å²) in [5, 5.41) is 5.56. The summed E-state index contributed by atoms with van der Waals surface area (Å²) >= 11 is 5.79. The zero-order chi connectivity index (χ0) is 11.8. The van der Waals surface area contributed by atoms with E-state index in [1.807, 2.05) is 4.90 Å². The van der Waals surface area contributed by atoms with Crippen LogP contribution in [-0.4, -0.2) is 21.5 Å². The molecule has 0 atom stereocenters. The first-order valence-corrected chi connectivity index (χ1v) is 6.98. The van der Waals surface area contributed by atoms with Crippen LogP contribution in [0.4, 0.5) is 5.69 Å². The minimum Gasteiger partial charge on any atom is -0.370 e. The number of benzene rings is 1. The van der Waals surface area contributed by atoms with Crippen molar-refractivity contribution in [2.75, 3.05) is 18.0 Å². The van der Waals surface area contributed by atoms with Gasteiger partial charge in [-0.1, -0.05) is 11.6 Å². The van der Waals surface area contributed by atoms with E-state index >= 15 is 0 Å². The predicted octanol–water partition coefficient (Wildman–Crippen LogP) is 1.59. The molecule has 6 heteroatoms. The van der Waals surface area contributed by atoms with Gasteiger partial charge in [-0.25, -0.2) is 13.6 Å². The number of hydrogen-bond acceptors (Lipinski definition) is 3. The highest BCUT2D eigenvalue weighted by Gasteiger charge is 2.21. The molecule has 4 nitrogen and oxygen atoms in total. The Labute approximate surface area is 100 Å². The first kappa shape index (κ1) is 11.7. The molecule has 1 fully saturated rings. The van der Waals surface area contributed by atoms with Crippen molar-refractivity contribution in [2.24, 2.45) is 5.14 Å². The van der Waals surface area contributed by atoms with Crippen molar-refractivity contribution in [1.29, 1.82) is 0 Å². The summed E-state index contributed by atoms with van der Waals surface area (Å²) in [4.78, 5) is 2.14. The molecule has 1 aromatic carbocycles. The molecule has 1 saturated heterocycles. The lowest BCUT2D eigenvalue weighted by Crippen LogP contribution is -2.22. The minimum atomic E-state index is -3.72. The van der Waals surface area contributed by atoms with Crippen LogP contribution in [0.15, 0.2) is 23.1 Å². The van der Waals surface area contributed by atoms with E-state index < -0.39 is 10.0 Å². The summed E-state index contributed by atoms with van der Waals surface area (Å²) in [5.74, 6) is 0. The fraction of sp³-hybridized carbons (Fsp3) is 0.400. The van der Waals surface area contributed by atoms with E-state index in [9.17, 15) is 8.42 Å². The molecule has 16 heavy (non-hydrogen) atoms. The number of nitrogens with zero attached hydrogens (tertiary/aromatic N) is 1. The third-order valence-corrected chi connectivity index (χ3v) is 3.85. The molecular formula is C10H13ClN2O2S. The van der Waals surface area contributed by atoms with Crippen molar-refractivity contribution in [1.82, 2.24) is 0 Å². The van der Waals surface area contributed by atoms with E-state index in [1.165, 1.54) is 6.07 Å². The van der Waals surface area contributed by atoms with Gasteiger partial charge >= 0.3 is 0 Å². The molecule has 88 valence electrons. The highest BCUT2D eigenvalue weighted by Crippen LogP contribution is 2.29. The smallest absolute Gasteiger partial charge is 0.240 e. The van der Waals surface area contributed by atoms with Gasteiger partial charge in [0.25, 0.3) is 0 Å². The Morgan fingerprint density at radius 2 is 1.88 bits per heavy atom. The minimum absolute atomic E-state index is 0.113. The van der Waals surface area contributed by atoms with E-state index in [2.05, 4.69) is 0 Å². The molecule has 1 aliphatic heterocycles. The number of halogens is 1. The maximum atomic E-state index is 11.5. The number of primary sulfonamides is 1. The van der Waals surface area contributed by atoms with Gasteiger partial charge in [0.05, 0.1) is 5.69 Å². The summed E-state index contributed by atoms with van der Waals surface area (Å²) in [5.41, 5.74) is 0.657. The number of anilines is 1. The molecule has 0 aromatic heterocycles. The van der Waals surface area contributed by atoms with E-state index in [1.54, 1.807) is 12.1 Å². The molecule has 0 amide bonds. The van der Waals surface area contributed by atoms with E-state index in [0.29, 0.717) is 10.7 Å².